The number of likely N-dealkylation sites (tertiary alicyclic amines) is 1. The number of methoxy groups -OCH3 is 2. The van der Waals surface area contributed by atoms with E-state index in [0.717, 1.165) is 48.7 Å². The van der Waals surface area contributed by atoms with Crippen molar-refractivity contribution in [2.45, 2.75) is 18.4 Å². The van der Waals surface area contributed by atoms with Gasteiger partial charge in [0.25, 0.3) is 0 Å². The van der Waals surface area contributed by atoms with E-state index in [-0.39, 0.29) is 17.7 Å². The number of hydrogen-bond acceptors (Lipinski definition) is 6. The Kier molecular flexibility index (Phi) is 11.8. The second-order valence-electron chi connectivity index (χ2n) is 9.30. The molecule has 0 aliphatic carbocycles. The van der Waals surface area contributed by atoms with E-state index in [1.54, 1.807) is 38.5 Å². The first kappa shape index (κ1) is 31.3. The van der Waals surface area contributed by atoms with E-state index in [9.17, 15) is 18.4 Å². The standard InChI is InChI=1S/C27H29F2NO3.C4H4O4/c1-31-25-15-22(16-26(17-25)32-2)21-11-12-30(18-21)13-14-33-27(19-3-7-23(28)8-4-19)20-5-9-24(29)10-6-20;5-3(6)1-2-4(7)8/h3-10,15-17,21,27H,11-14,18H2,1-2H3;1-2H,(H,5,6)(H,7,8)/b;2-1+. The van der Waals surface area contributed by atoms with Crippen molar-refractivity contribution in [2.24, 2.45) is 0 Å². The van der Waals surface area contributed by atoms with Crippen LogP contribution in [0.25, 0.3) is 0 Å². The quantitative estimate of drug-likeness (QED) is 0.300. The molecule has 1 fully saturated rings. The van der Waals surface area contributed by atoms with Gasteiger partial charge in [0, 0.05) is 31.3 Å². The molecule has 1 aliphatic rings. The van der Waals surface area contributed by atoms with Crippen molar-refractivity contribution in [1.29, 1.82) is 0 Å². The summed E-state index contributed by atoms with van der Waals surface area (Å²) in [6, 6.07) is 18.6. The van der Waals surface area contributed by atoms with Gasteiger partial charge in [-0.1, -0.05) is 24.3 Å². The Balaban J connectivity index is 0.000000507. The number of carboxylic acid groups (broad SMARTS) is 2. The molecule has 0 aromatic heterocycles. The highest BCUT2D eigenvalue weighted by atomic mass is 19.1. The lowest BCUT2D eigenvalue weighted by molar-refractivity contribution is -0.134. The van der Waals surface area contributed by atoms with Gasteiger partial charge in [0.2, 0.25) is 0 Å². The number of ether oxygens (including phenoxy) is 3. The molecule has 0 spiro atoms. The van der Waals surface area contributed by atoms with Crippen LogP contribution in [0.15, 0.2) is 78.9 Å². The predicted molar refractivity (Wildman–Crippen MR) is 148 cm³/mol. The van der Waals surface area contributed by atoms with Crippen LogP contribution in [0.5, 0.6) is 11.5 Å². The fourth-order valence-corrected chi connectivity index (χ4v) is 4.48. The minimum atomic E-state index is -1.26. The van der Waals surface area contributed by atoms with Crippen LogP contribution in [0, 0.1) is 11.6 Å². The Morgan fingerprint density at radius 1 is 0.878 bits per heavy atom. The lowest BCUT2D eigenvalue weighted by Gasteiger charge is -2.22. The zero-order valence-electron chi connectivity index (χ0n) is 22.8. The molecule has 0 bridgehead atoms. The summed E-state index contributed by atoms with van der Waals surface area (Å²) in [5, 5.41) is 15.6. The summed E-state index contributed by atoms with van der Waals surface area (Å²) in [6.45, 7) is 3.19. The van der Waals surface area contributed by atoms with Gasteiger partial charge in [-0.2, -0.15) is 0 Å². The summed E-state index contributed by atoms with van der Waals surface area (Å²) in [5.41, 5.74) is 2.89. The van der Waals surface area contributed by atoms with E-state index in [4.69, 9.17) is 24.4 Å². The highest BCUT2D eigenvalue weighted by molar-refractivity contribution is 5.89. The molecule has 8 nitrogen and oxygen atoms in total. The Morgan fingerprint density at radius 2 is 1.37 bits per heavy atom. The lowest BCUT2D eigenvalue weighted by Crippen LogP contribution is -2.26. The molecule has 218 valence electrons. The number of aliphatic carboxylic acids is 2. The van der Waals surface area contributed by atoms with Gasteiger partial charge in [0.1, 0.15) is 29.2 Å². The smallest absolute Gasteiger partial charge is 0.328 e. The maximum atomic E-state index is 13.4. The number of rotatable bonds is 11. The van der Waals surface area contributed by atoms with Gasteiger partial charge in [-0.05, 0) is 72.0 Å². The Morgan fingerprint density at radius 3 is 1.80 bits per heavy atom. The van der Waals surface area contributed by atoms with E-state index in [1.165, 1.54) is 29.8 Å². The van der Waals surface area contributed by atoms with Gasteiger partial charge in [-0.25, -0.2) is 18.4 Å². The van der Waals surface area contributed by atoms with Gasteiger partial charge in [0.15, 0.2) is 0 Å². The molecule has 1 saturated heterocycles. The topological polar surface area (TPSA) is 106 Å². The number of benzene rings is 3. The third-order valence-corrected chi connectivity index (χ3v) is 6.52. The lowest BCUT2D eigenvalue weighted by atomic mass is 9.98. The molecule has 10 heteroatoms. The van der Waals surface area contributed by atoms with Crippen molar-refractivity contribution >= 4 is 11.9 Å². The Hall–Kier alpha value is -4.28. The van der Waals surface area contributed by atoms with Gasteiger partial charge < -0.3 is 29.3 Å². The molecule has 2 N–H and O–H groups in total. The number of carbonyl (C=O) groups is 2. The molecule has 41 heavy (non-hydrogen) atoms. The van der Waals surface area contributed by atoms with E-state index in [1.807, 2.05) is 6.07 Å². The van der Waals surface area contributed by atoms with E-state index >= 15 is 0 Å². The van der Waals surface area contributed by atoms with Crippen LogP contribution in [0.1, 0.15) is 35.1 Å². The van der Waals surface area contributed by atoms with E-state index in [0.29, 0.717) is 24.7 Å². The van der Waals surface area contributed by atoms with Crippen molar-refractivity contribution in [1.82, 2.24) is 4.90 Å². The Labute approximate surface area is 237 Å². The second-order valence-corrected chi connectivity index (χ2v) is 9.30. The maximum Gasteiger partial charge on any atom is 0.328 e. The SMILES string of the molecule is COc1cc(OC)cc(C2CCN(CCOC(c3ccc(F)cc3)c3ccc(F)cc3)C2)c1.O=C(O)/C=C/C(=O)O. The largest absolute Gasteiger partial charge is 0.497 e. The number of halogens is 2. The summed E-state index contributed by atoms with van der Waals surface area (Å²) in [4.78, 5) is 21.5. The zero-order valence-corrected chi connectivity index (χ0v) is 22.8. The third kappa shape index (κ3) is 10.0. The molecule has 3 aromatic rings. The first-order valence-electron chi connectivity index (χ1n) is 12.9. The van der Waals surface area contributed by atoms with Crippen LogP contribution in [-0.4, -0.2) is 67.5 Å². The average molecular weight is 570 g/mol. The van der Waals surface area contributed by atoms with Crippen molar-refractivity contribution in [3.63, 3.8) is 0 Å². The monoisotopic (exact) mass is 569 g/mol. The van der Waals surface area contributed by atoms with Gasteiger partial charge >= 0.3 is 11.9 Å². The molecule has 4 rings (SSSR count). The van der Waals surface area contributed by atoms with Crippen LogP contribution < -0.4 is 9.47 Å². The van der Waals surface area contributed by atoms with Crippen molar-refractivity contribution < 1.29 is 42.8 Å². The van der Waals surface area contributed by atoms with Crippen LogP contribution in [0.3, 0.4) is 0 Å². The van der Waals surface area contributed by atoms with Gasteiger partial charge in [0.05, 0.1) is 20.8 Å². The molecule has 1 aliphatic heterocycles. The molecule has 3 aromatic carbocycles. The minimum Gasteiger partial charge on any atom is -0.497 e. The summed E-state index contributed by atoms with van der Waals surface area (Å²) in [7, 11) is 3.32. The number of nitrogens with zero attached hydrogens (tertiary/aromatic N) is 1. The summed E-state index contributed by atoms with van der Waals surface area (Å²) >= 11 is 0. The summed E-state index contributed by atoms with van der Waals surface area (Å²) < 4.78 is 43.9. The highest BCUT2D eigenvalue weighted by Gasteiger charge is 2.25. The van der Waals surface area contributed by atoms with Crippen molar-refractivity contribution in [3.8, 4) is 11.5 Å². The van der Waals surface area contributed by atoms with Crippen molar-refractivity contribution in [3.05, 3.63) is 107 Å². The molecular weight excluding hydrogens is 536 g/mol. The first-order valence-corrected chi connectivity index (χ1v) is 12.9. The number of carboxylic acids is 2. The Bertz CT molecular complexity index is 1230. The van der Waals surface area contributed by atoms with Gasteiger partial charge in [-0.3, -0.25) is 0 Å². The molecule has 0 amide bonds. The summed E-state index contributed by atoms with van der Waals surface area (Å²) in [5.74, 6) is -1.11. The highest BCUT2D eigenvalue weighted by Crippen LogP contribution is 2.33. The van der Waals surface area contributed by atoms with E-state index in [2.05, 4.69) is 17.0 Å². The van der Waals surface area contributed by atoms with Crippen LogP contribution in [0.2, 0.25) is 0 Å². The fraction of sp³-hybridized carbons (Fsp3) is 0.290. The average Bonchev–Trinajstić information content (AvgIpc) is 3.44. The minimum absolute atomic E-state index is 0.297. The molecular formula is C31H33F2NO7. The molecule has 0 saturated carbocycles. The predicted octanol–water partition coefficient (Wildman–Crippen LogP) is 5.29. The summed E-state index contributed by atoms with van der Waals surface area (Å²) in [6.07, 6.45) is 1.78. The first-order chi connectivity index (χ1) is 19.7. The zero-order chi connectivity index (χ0) is 29.8. The normalized spacial score (nSPS) is 15.0. The van der Waals surface area contributed by atoms with Crippen LogP contribution in [0.4, 0.5) is 8.78 Å². The molecule has 0 radical (unpaired) electrons. The second kappa shape index (κ2) is 15.5. The third-order valence-electron chi connectivity index (χ3n) is 6.52. The fourth-order valence-electron chi connectivity index (χ4n) is 4.48. The van der Waals surface area contributed by atoms with Gasteiger partial charge in [-0.15, -0.1) is 0 Å². The van der Waals surface area contributed by atoms with Crippen LogP contribution >= 0.6 is 0 Å². The number of hydrogen-bond donors (Lipinski definition) is 2. The molecule has 1 heterocycles. The van der Waals surface area contributed by atoms with E-state index < -0.39 is 11.9 Å². The van der Waals surface area contributed by atoms with Crippen LogP contribution in [-0.2, 0) is 14.3 Å². The van der Waals surface area contributed by atoms with Crippen molar-refractivity contribution in [2.75, 3.05) is 40.5 Å². The molecule has 1 unspecified atom stereocenters. The molecule has 1 atom stereocenters. The maximum absolute atomic E-state index is 13.4.